The van der Waals surface area contributed by atoms with E-state index in [0.717, 1.165) is 0 Å². The van der Waals surface area contributed by atoms with Crippen molar-refractivity contribution < 1.29 is 14.3 Å². The summed E-state index contributed by atoms with van der Waals surface area (Å²) in [6.45, 7) is 10.6. The maximum absolute atomic E-state index is 11.0. The predicted molar refractivity (Wildman–Crippen MR) is 58.5 cm³/mol. The van der Waals surface area contributed by atoms with Crippen LogP contribution in [0.5, 0.6) is 0 Å². The van der Waals surface area contributed by atoms with Crippen molar-refractivity contribution in [2.24, 2.45) is 17.8 Å². The molecule has 88 valence electrons. The molecule has 0 aliphatic carbocycles. The molecule has 1 saturated heterocycles. The molecule has 1 aliphatic heterocycles. The Balaban J connectivity index is 2.69. The molecule has 0 saturated carbocycles. The summed E-state index contributed by atoms with van der Waals surface area (Å²) in [5, 5.41) is 0. The first-order chi connectivity index (χ1) is 6.93. The molecule has 1 unspecified atom stereocenters. The first kappa shape index (κ1) is 12.5. The van der Waals surface area contributed by atoms with Gasteiger partial charge in [0.25, 0.3) is 0 Å². The van der Waals surface area contributed by atoms with E-state index in [4.69, 9.17) is 9.47 Å². The first-order valence-corrected chi connectivity index (χ1v) is 5.72. The summed E-state index contributed by atoms with van der Waals surface area (Å²) in [5.74, 6) is 0.838. The molecule has 0 aromatic carbocycles. The molecular weight excluding hydrogens is 192 g/mol. The molecule has 4 atom stereocenters. The summed E-state index contributed by atoms with van der Waals surface area (Å²) < 4.78 is 11.2. The minimum absolute atomic E-state index is 0.00338. The van der Waals surface area contributed by atoms with E-state index in [-0.39, 0.29) is 24.1 Å². The smallest absolute Gasteiger partial charge is 0.302 e. The van der Waals surface area contributed by atoms with Gasteiger partial charge in [-0.2, -0.15) is 0 Å². The zero-order chi connectivity index (χ0) is 11.6. The van der Waals surface area contributed by atoms with Gasteiger partial charge in [-0.3, -0.25) is 4.79 Å². The Hall–Kier alpha value is -0.570. The first-order valence-electron chi connectivity index (χ1n) is 5.72. The van der Waals surface area contributed by atoms with Crippen molar-refractivity contribution in [2.75, 3.05) is 6.61 Å². The summed E-state index contributed by atoms with van der Waals surface area (Å²) in [4.78, 5) is 11.0. The third-order valence-electron chi connectivity index (χ3n) is 3.11. The van der Waals surface area contributed by atoms with Gasteiger partial charge in [0.15, 0.2) is 0 Å². The average molecular weight is 214 g/mol. The Morgan fingerprint density at radius 3 is 2.47 bits per heavy atom. The molecule has 0 aromatic rings. The van der Waals surface area contributed by atoms with Crippen LogP contribution in [0, 0.1) is 17.8 Å². The molecule has 0 N–H and O–H groups in total. The lowest BCUT2D eigenvalue weighted by Crippen LogP contribution is -2.47. The highest BCUT2D eigenvalue weighted by Crippen LogP contribution is 2.31. The lowest BCUT2D eigenvalue weighted by molar-refractivity contribution is -0.175. The van der Waals surface area contributed by atoms with E-state index >= 15 is 0 Å². The van der Waals surface area contributed by atoms with Gasteiger partial charge in [0.2, 0.25) is 0 Å². The summed E-state index contributed by atoms with van der Waals surface area (Å²) >= 11 is 0. The lowest BCUT2D eigenvalue weighted by atomic mass is 9.82. The van der Waals surface area contributed by atoms with Crippen LogP contribution in [0.25, 0.3) is 0 Å². The highest BCUT2D eigenvalue weighted by atomic mass is 16.6. The van der Waals surface area contributed by atoms with Gasteiger partial charge in [-0.15, -0.1) is 0 Å². The van der Waals surface area contributed by atoms with Crippen molar-refractivity contribution in [1.82, 2.24) is 0 Å². The quantitative estimate of drug-likeness (QED) is 0.661. The number of rotatable bonds is 2. The molecule has 3 nitrogen and oxygen atoms in total. The van der Waals surface area contributed by atoms with Gasteiger partial charge in [-0.1, -0.05) is 27.7 Å². The zero-order valence-electron chi connectivity index (χ0n) is 10.3. The number of hydrogen-bond acceptors (Lipinski definition) is 3. The number of carbonyl (C=O) groups excluding carboxylic acids is 1. The SMILES string of the molecule is CC(=O)O[C@@H]1[C@H](C)COC(C(C)C)[C@H]1C. The highest BCUT2D eigenvalue weighted by Gasteiger charge is 2.38. The van der Waals surface area contributed by atoms with Crippen LogP contribution in [0.2, 0.25) is 0 Å². The normalized spacial score (nSPS) is 36.7. The maximum atomic E-state index is 11.0. The minimum Gasteiger partial charge on any atom is -0.462 e. The van der Waals surface area contributed by atoms with Crippen molar-refractivity contribution in [3.05, 3.63) is 0 Å². The van der Waals surface area contributed by atoms with Gasteiger partial charge < -0.3 is 9.47 Å². The Morgan fingerprint density at radius 1 is 1.40 bits per heavy atom. The second kappa shape index (κ2) is 4.97. The fourth-order valence-electron chi connectivity index (χ4n) is 2.43. The van der Waals surface area contributed by atoms with Gasteiger partial charge in [0, 0.05) is 18.8 Å². The second-order valence-corrected chi connectivity index (χ2v) is 4.95. The van der Waals surface area contributed by atoms with Gasteiger partial charge in [0.05, 0.1) is 12.7 Å². The molecule has 1 fully saturated rings. The monoisotopic (exact) mass is 214 g/mol. The van der Waals surface area contributed by atoms with Crippen LogP contribution in [0.4, 0.5) is 0 Å². The van der Waals surface area contributed by atoms with Crippen molar-refractivity contribution in [3.63, 3.8) is 0 Å². The highest BCUT2D eigenvalue weighted by molar-refractivity contribution is 5.66. The fourth-order valence-corrected chi connectivity index (χ4v) is 2.43. The van der Waals surface area contributed by atoms with Crippen LogP contribution in [0.1, 0.15) is 34.6 Å². The van der Waals surface area contributed by atoms with Crippen LogP contribution in [0.15, 0.2) is 0 Å². The zero-order valence-corrected chi connectivity index (χ0v) is 10.3. The van der Waals surface area contributed by atoms with E-state index in [1.165, 1.54) is 6.92 Å². The molecule has 1 rings (SSSR count). The molecule has 15 heavy (non-hydrogen) atoms. The Bertz CT molecular complexity index is 225. The lowest BCUT2D eigenvalue weighted by Gasteiger charge is -2.41. The Labute approximate surface area is 92.1 Å². The minimum atomic E-state index is -0.192. The van der Waals surface area contributed by atoms with E-state index in [1.807, 2.05) is 0 Å². The third-order valence-corrected chi connectivity index (χ3v) is 3.11. The fraction of sp³-hybridized carbons (Fsp3) is 0.917. The summed E-state index contributed by atoms with van der Waals surface area (Å²) in [6.07, 6.45) is 0.203. The molecular formula is C12H22O3. The number of esters is 1. The topological polar surface area (TPSA) is 35.5 Å². The van der Waals surface area contributed by atoms with Gasteiger partial charge >= 0.3 is 5.97 Å². The largest absolute Gasteiger partial charge is 0.462 e. The van der Waals surface area contributed by atoms with Gasteiger partial charge in [-0.05, 0) is 5.92 Å². The molecule has 1 heterocycles. The van der Waals surface area contributed by atoms with Crippen LogP contribution >= 0.6 is 0 Å². The number of hydrogen-bond donors (Lipinski definition) is 0. The molecule has 0 aromatic heterocycles. The third kappa shape index (κ3) is 2.94. The van der Waals surface area contributed by atoms with E-state index in [9.17, 15) is 4.79 Å². The predicted octanol–water partition coefficient (Wildman–Crippen LogP) is 2.25. The molecule has 0 bridgehead atoms. The standard InChI is InChI=1S/C12H22O3/c1-7(2)11-9(4)12(15-10(5)13)8(3)6-14-11/h7-9,11-12H,6H2,1-5H3/t8-,9-,11?,12-/m1/s1. The second-order valence-electron chi connectivity index (χ2n) is 4.95. The van der Waals surface area contributed by atoms with Crippen molar-refractivity contribution in [2.45, 2.75) is 46.8 Å². The van der Waals surface area contributed by atoms with Crippen molar-refractivity contribution in [3.8, 4) is 0 Å². The van der Waals surface area contributed by atoms with Crippen LogP contribution in [-0.2, 0) is 14.3 Å². The maximum Gasteiger partial charge on any atom is 0.302 e. The van der Waals surface area contributed by atoms with Crippen LogP contribution in [0.3, 0.4) is 0 Å². The van der Waals surface area contributed by atoms with Gasteiger partial charge in [0.1, 0.15) is 6.10 Å². The summed E-state index contributed by atoms with van der Waals surface area (Å²) in [6, 6.07) is 0. The summed E-state index contributed by atoms with van der Waals surface area (Å²) in [5.41, 5.74) is 0. The van der Waals surface area contributed by atoms with E-state index in [2.05, 4.69) is 27.7 Å². The molecule has 1 aliphatic rings. The van der Waals surface area contributed by atoms with E-state index in [1.54, 1.807) is 0 Å². The average Bonchev–Trinajstić information content (AvgIpc) is 2.11. The molecule has 0 amide bonds. The number of carbonyl (C=O) groups is 1. The Morgan fingerprint density at radius 2 is 2.00 bits per heavy atom. The molecule has 0 spiro atoms. The van der Waals surface area contributed by atoms with Gasteiger partial charge in [-0.25, -0.2) is 0 Å². The van der Waals surface area contributed by atoms with Crippen LogP contribution < -0.4 is 0 Å². The molecule has 0 radical (unpaired) electrons. The number of ether oxygens (including phenoxy) is 2. The van der Waals surface area contributed by atoms with E-state index in [0.29, 0.717) is 18.4 Å². The molecule has 3 heteroatoms. The van der Waals surface area contributed by atoms with E-state index < -0.39 is 0 Å². The summed E-state index contributed by atoms with van der Waals surface area (Å²) in [7, 11) is 0. The Kier molecular flexibility index (Phi) is 4.14. The van der Waals surface area contributed by atoms with Crippen LogP contribution in [-0.4, -0.2) is 24.8 Å². The van der Waals surface area contributed by atoms with Crippen molar-refractivity contribution in [1.29, 1.82) is 0 Å². The van der Waals surface area contributed by atoms with Crippen molar-refractivity contribution >= 4 is 5.97 Å².